The Morgan fingerprint density at radius 3 is 2.63 bits per heavy atom. The summed E-state index contributed by atoms with van der Waals surface area (Å²) in [5.74, 6) is 0.802. The van der Waals surface area contributed by atoms with Crippen LogP contribution in [0, 0.1) is 6.92 Å². The number of rotatable bonds is 3. The lowest BCUT2D eigenvalue weighted by Crippen LogP contribution is -2.37. The van der Waals surface area contributed by atoms with E-state index in [1.165, 1.54) is 0 Å². The van der Waals surface area contributed by atoms with Gasteiger partial charge in [0.05, 0.1) is 11.3 Å². The van der Waals surface area contributed by atoms with Gasteiger partial charge in [0.1, 0.15) is 5.82 Å². The summed E-state index contributed by atoms with van der Waals surface area (Å²) in [5.41, 5.74) is 0.986. The van der Waals surface area contributed by atoms with Gasteiger partial charge in [0.25, 0.3) is 0 Å². The third kappa shape index (κ3) is 2.31. The Kier molecular flexibility index (Phi) is 3.39. The summed E-state index contributed by atoms with van der Waals surface area (Å²) in [7, 11) is -3.15. The molecule has 3 rings (SSSR count). The van der Waals surface area contributed by atoms with Crippen LogP contribution < -0.4 is 0 Å². The van der Waals surface area contributed by atoms with Crippen molar-refractivity contribution in [2.75, 3.05) is 6.54 Å². The Labute approximate surface area is 114 Å². The molecule has 1 saturated heterocycles. The SMILES string of the molecule is Cc1cnc([C@@H]2CCCN2S(=O)(=O)C2CCCC2)[nH]1. The van der Waals surface area contributed by atoms with Crippen LogP contribution >= 0.6 is 0 Å². The van der Waals surface area contributed by atoms with Crippen LogP contribution in [0.1, 0.15) is 56.1 Å². The number of nitrogens with one attached hydrogen (secondary N) is 1. The van der Waals surface area contributed by atoms with E-state index in [1.807, 2.05) is 6.92 Å². The fraction of sp³-hybridized carbons (Fsp3) is 0.769. The van der Waals surface area contributed by atoms with Gasteiger partial charge in [-0.2, -0.15) is 4.31 Å². The molecule has 2 aliphatic rings. The van der Waals surface area contributed by atoms with Crippen molar-refractivity contribution < 1.29 is 8.42 Å². The Bertz CT molecular complexity index is 546. The molecule has 6 heteroatoms. The number of sulfonamides is 1. The van der Waals surface area contributed by atoms with Crippen molar-refractivity contribution in [1.82, 2.24) is 14.3 Å². The number of hydrogen-bond acceptors (Lipinski definition) is 3. The molecule has 0 unspecified atom stereocenters. The molecule has 1 saturated carbocycles. The highest BCUT2D eigenvalue weighted by Crippen LogP contribution is 2.37. The third-order valence-corrected chi connectivity index (χ3v) is 6.70. The highest BCUT2D eigenvalue weighted by atomic mass is 32.2. The van der Waals surface area contributed by atoms with E-state index in [0.717, 1.165) is 50.0 Å². The maximum atomic E-state index is 12.7. The predicted octanol–water partition coefficient (Wildman–Crippen LogP) is 2.13. The van der Waals surface area contributed by atoms with Crippen LogP contribution in [0.25, 0.3) is 0 Å². The topological polar surface area (TPSA) is 66.1 Å². The highest BCUT2D eigenvalue weighted by molar-refractivity contribution is 7.89. The molecule has 0 bridgehead atoms. The second-order valence-electron chi connectivity index (χ2n) is 5.67. The van der Waals surface area contributed by atoms with Crippen LogP contribution in [0.5, 0.6) is 0 Å². The van der Waals surface area contributed by atoms with Crippen LogP contribution in [0.2, 0.25) is 0 Å². The standard InChI is InChI=1S/C13H21N3O2S/c1-10-9-14-13(15-10)12-7-4-8-16(12)19(17,18)11-5-2-3-6-11/h9,11-12H,2-8H2,1H3,(H,14,15)/t12-/m0/s1. The highest BCUT2D eigenvalue weighted by Gasteiger charge is 2.41. The fourth-order valence-electron chi connectivity index (χ4n) is 3.30. The van der Waals surface area contributed by atoms with E-state index in [0.29, 0.717) is 6.54 Å². The summed E-state index contributed by atoms with van der Waals surface area (Å²) < 4.78 is 27.1. The van der Waals surface area contributed by atoms with Gasteiger partial charge in [0, 0.05) is 18.4 Å². The molecular weight excluding hydrogens is 262 g/mol. The van der Waals surface area contributed by atoms with Gasteiger partial charge in [-0.25, -0.2) is 13.4 Å². The van der Waals surface area contributed by atoms with Crippen molar-refractivity contribution in [1.29, 1.82) is 0 Å². The molecule has 1 aliphatic heterocycles. The van der Waals surface area contributed by atoms with Gasteiger partial charge in [-0.1, -0.05) is 12.8 Å². The van der Waals surface area contributed by atoms with E-state index < -0.39 is 10.0 Å². The molecule has 19 heavy (non-hydrogen) atoms. The minimum absolute atomic E-state index is 0.0840. The Hall–Kier alpha value is -0.880. The summed E-state index contributed by atoms with van der Waals surface area (Å²) in [6, 6.07) is -0.0840. The molecule has 0 radical (unpaired) electrons. The Morgan fingerprint density at radius 2 is 2.00 bits per heavy atom. The molecule has 2 heterocycles. The van der Waals surface area contributed by atoms with Crippen LogP contribution in [0.4, 0.5) is 0 Å². The van der Waals surface area contributed by atoms with Gasteiger partial charge in [0.2, 0.25) is 10.0 Å². The number of H-pyrrole nitrogens is 1. The number of imidazole rings is 1. The number of aromatic amines is 1. The molecule has 1 aromatic heterocycles. The molecule has 1 aliphatic carbocycles. The smallest absolute Gasteiger partial charge is 0.217 e. The Balaban J connectivity index is 1.86. The Morgan fingerprint density at radius 1 is 1.26 bits per heavy atom. The third-order valence-electron chi connectivity index (χ3n) is 4.29. The second kappa shape index (κ2) is 4.90. The summed E-state index contributed by atoms with van der Waals surface area (Å²) in [4.78, 5) is 7.52. The molecule has 1 N–H and O–H groups in total. The lowest BCUT2D eigenvalue weighted by atomic mass is 10.2. The van der Waals surface area contributed by atoms with E-state index in [-0.39, 0.29) is 11.3 Å². The predicted molar refractivity (Wildman–Crippen MR) is 73.2 cm³/mol. The van der Waals surface area contributed by atoms with Crippen LogP contribution in [0.15, 0.2) is 6.20 Å². The van der Waals surface area contributed by atoms with Crippen molar-refractivity contribution in [2.24, 2.45) is 0 Å². The van der Waals surface area contributed by atoms with Crippen molar-refractivity contribution in [3.05, 3.63) is 17.7 Å². The first-order valence-corrected chi connectivity index (χ1v) is 8.61. The van der Waals surface area contributed by atoms with Gasteiger partial charge >= 0.3 is 0 Å². The van der Waals surface area contributed by atoms with Crippen LogP contribution in [0.3, 0.4) is 0 Å². The van der Waals surface area contributed by atoms with Crippen LogP contribution in [-0.2, 0) is 10.0 Å². The minimum atomic E-state index is -3.15. The zero-order valence-corrected chi connectivity index (χ0v) is 12.1. The second-order valence-corrected chi connectivity index (χ2v) is 7.84. The molecule has 0 aromatic carbocycles. The summed E-state index contributed by atoms with van der Waals surface area (Å²) in [6.07, 6.45) is 7.30. The van der Waals surface area contributed by atoms with Gasteiger partial charge in [-0.05, 0) is 32.6 Å². The molecule has 106 valence electrons. The molecule has 2 fully saturated rings. The van der Waals surface area contributed by atoms with Gasteiger partial charge in [-0.3, -0.25) is 0 Å². The van der Waals surface area contributed by atoms with Crippen LogP contribution in [-0.4, -0.2) is 34.5 Å². The van der Waals surface area contributed by atoms with Gasteiger partial charge in [0.15, 0.2) is 0 Å². The lowest BCUT2D eigenvalue weighted by molar-refractivity contribution is 0.378. The average molecular weight is 283 g/mol. The fourth-order valence-corrected chi connectivity index (χ4v) is 5.55. The van der Waals surface area contributed by atoms with Gasteiger partial charge < -0.3 is 4.98 Å². The lowest BCUT2D eigenvalue weighted by Gasteiger charge is -2.25. The zero-order chi connectivity index (χ0) is 13.5. The molecule has 0 spiro atoms. The maximum absolute atomic E-state index is 12.7. The van der Waals surface area contributed by atoms with E-state index in [2.05, 4.69) is 9.97 Å². The van der Waals surface area contributed by atoms with Crippen molar-refractivity contribution in [3.8, 4) is 0 Å². The maximum Gasteiger partial charge on any atom is 0.217 e. The van der Waals surface area contributed by atoms with Crippen molar-refractivity contribution in [2.45, 2.75) is 56.7 Å². The molecule has 1 aromatic rings. The van der Waals surface area contributed by atoms with Crippen molar-refractivity contribution in [3.63, 3.8) is 0 Å². The molecular formula is C13H21N3O2S. The molecule has 0 amide bonds. The first kappa shape index (κ1) is 13.1. The van der Waals surface area contributed by atoms with E-state index in [9.17, 15) is 8.42 Å². The monoisotopic (exact) mass is 283 g/mol. The molecule has 1 atom stereocenters. The first-order chi connectivity index (χ1) is 9.09. The zero-order valence-electron chi connectivity index (χ0n) is 11.3. The number of aryl methyl sites for hydroxylation is 1. The van der Waals surface area contributed by atoms with Crippen molar-refractivity contribution >= 4 is 10.0 Å². The molecule has 5 nitrogen and oxygen atoms in total. The summed E-state index contributed by atoms with van der Waals surface area (Å²) in [5, 5.41) is -0.163. The van der Waals surface area contributed by atoms with E-state index in [4.69, 9.17) is 0 Å². The number of aromatic nitrogens is 2. The number of nitrogens with zero attached hydrogens (tertiary/aromatic N) is 2. The normalized spacial score (nSPS) is 26.3. The summed E-state index contributed by atoms with van der Waals surface area (Å²) in [6.45, 7) is 2.59. The van der Waals surface area contributed by atoms with E-state index >= 15 is 0 Å². The quantitative estimate of drug-likeness (QED) is 0.924. The summed E-state index contributed by atoms with van der Waals surface area (Å²) >= 11 is 0. The average Bonchev–Trinajstić information content (AvgIpc) is 3.10. The minimum Gasteiger partial charge on any atom is -0.345 e. The first-order valence-electron chi connectivity index (χ1n) is 7.11. The van der Waals surface area contributed by atoms with E-state index in [1.54, 1.807) is 10.5 Å². The van der Waals surface area contributed by atoms with Gasteiger partial charge in [-0.15, -0.1) is 0 Å². The number of hydrogen-bond donors (Lipinski definition) is 1. The largest absolute Gasteiger partial charge is 0.345 e.